The fourth-order valence-corrected chi connectivity index (χ4v) is 5.27. The number of nitrogens with zero attached hydrogens (tertiary/aromatic N) is 1. The third-order valence-corrected chi connectivity index (χ3v) is 7.05. The summed E-state index contributed by atoms with van der Waals surface area (Å²) in [6.45, 7) is 5.49. The number of aromatic nitrogens is 1. The Hall–Kier alpha value is -4.07. The summed E-state index contributed by atoms with van der Waals surface area (Å²) in [6, 6.07) is 15.9. The van der Waals surface area contributed by atoms with Crippen molar-refractivity contribution in [2.75, 3.05) is 29.6 Å². The Morgan fingerprint density at radius 1 is 1.08 bits per heavy atom. The number of carbonyl (C=O) groups is 1. The van der Waals surface area contributed by atoms with Gasteiger partial charge < -0.3 is 19.9 Å². The van der Waals surface area contributed by atoms with Crippen LogP contribution in [0.25, 0.3) is 22.0 Å². The molecule has 3 N–H and O–H groups in total. The van der Waals surface area contributed by atoms with Crippen molar-refractivity contribution in [3.8, 4) is 11.1 Å². The number of carbonyl (C=O) groups excluding carboxylic acids is 1. The molecule has 8 heteroatoms. The quantitative estimate of drug-likeness (QED) is 0.277. The number of hydrogen-bond acceptors (Lipinski definition) is 4. The predicted molar refractivity (Wildman–Crippen MR) is 144 cm³/mol. The fraction of sp³-hybridized carbons (Fsp3) is 0.276. The van der Waals surface area contributed by atoms with Crippen LogP contribution in [0.1, 0.15) is 32.3 Å². The lowest BCUT2D eigenvalue weighted by Crippen LogP contribution is -2.52. The Morgan fingerprint density at radius 2 is 1.81 bits per heavy atom. The summed E-state index contributed by atoms with van der Waals surface area (Å²) < 4.78 is 37.4. The van der Waals surface area contributed by atoms with Gasteiger partial charge in [0.2, 0.25) is 0 Å². The molecule has 5 rings (SSSR count). The van der Waals surface area contributed by atoms with Crippen LogP contribution in [0.2, 0.25) is 0 Å². The summed E-state index contributed by atoms with van der Waals surface area (Å²) in [6.07, 6.45) is 0.368. The zero-order valence-corrected chi connectivity index (χ0v) is 21.4. The minimum atomic E-state index is -0.779. The minimum Gasteiger partial charge on any atom is -0.443 e. The van der Waals surface area contributed by atoms with E-state index in [4.69, 9.17) is 4.74 Å². The molecule has 0 saturated carbocycles. The van der Waals surface area contributed by atoms with Crippen LogP contribution in [0, 0.1) is 11.6 Å². The van der Waals surface area contributed by atoms with Gasteiger partial charge in [0.25, 0.3) is 0 Å². The van der Waals surface area contributed by atoms with Gasteiger partial charge in [-0.05, 0) is 55.6 Å². The van der Waals surface area contributed by atoms with Gasteiger partial charge >= 0.3 is 6.09 Å². The Morgan fingerprint density at radius 3 is 2.51 bits per heavy atom. The normalized spacial score (nSPS) is 18.1. The maximum atomic E-state index is 16.1. The van der Waals surface area contributed by atoms with Crippen LogP contribution in [0.3, 0.4) is 0 Å². The average Bonchev–Trinajstić information content (AvgIpc) is 3.31. The minimum absolute atomic E-state index is 0.107. The van der Waals surface area contributed by atoms with Crippen LogP contribution in [0.5, 0.6) is 0 Å². The van der Waals surface area contributed by atoms with E-state index >= 15 is 8.78 Å². The molecule has 0 aliphatic carbocycles. The molecule has 1 aromatic heterocycles. The van der Waals surface area contributed by atoms with E-state index in [0.29, 0.717) is 22.5 Å². The highest BCUT2D eigenvalue weighted by molar-refractivity contribution is 5.95. The van der Waals surface area contributed by atoms with Gasteiger partial charge in [0, 0.05) is 54.4 Å². The van der Waals surface area contributed by atoms with Crippen LogP contribution in [-0.4, -0.2) is 36.8 Å². The van der Waals surface area contributed by atoms with Gasteiger partial charge in [-0.2, -0.15) is 0 Å². The zero-order chi connectivity index (χ0) is 26.5. The molecule has 0 radical (unpaired) electrons. The number of nitrogens with one attached hydrogen (secondary N) is 3. The van der Waals surface area contributed by atoms with Crippen molar-refractivity contribution in [3.63, 3.8) is 0 Å². The predicted octanol–water partition coefficient (Wildman–Crippen LogP) is 7.10. The van der Waals surface area contributed by atoms with E-state index in [1.54, 1.807) is 37.4 Å². The topological polar surface area (TPSA) is 69.4 Å². The fourth-order valence-electron chi connectivity index (χ4n) is 5.27. The van der Waals surface area contributed by atoms with Crippen molar-refractivity contribution in [2.24, 2.45) is 0 Å². The Bertz CT molecular complexity index is 1480. The molecule has 3 aromatic carbocycles. The summed E-state index contributed by atoms with van der Waals surface area (Å²) >= 11 is 0. The summed E-state index contributed by atoms with van der Waals surface area (Å²) in [5.41, 5.74) is 2.43. The number of hydrogen-bond donors (Lipinski definition) is 3. The van der Waals surface area contributed by atoms with Crippen molar-refractivity contribution in [2.45, 2.75) is 38.3 Å². The Kier molecular flexibility index (Phi) is 6.06. The third kappa shape index (κ3) is 4.37. The zero-order valence-electron chi connectivity index (χ0n) is 21.4. The second-order valence-electron chi connectivity index (χ2n) is 10.3. The van der Waals surface area contributed by atoms with Gasteiger partial charge in [-0.1, -0.05) is 25.1 Å². The first-order valence-corrected chi connectivity index (χ1v) is 12.2. The number of ether oxygens (including phenoxy) is 1. The first kappa shape index (κ1) is 24.6. The standard InChI is InChI=1S/C29H30F2N4O2/c1-16-23-22(15-21(30)24(25(23)31)20-8-6-7-17-13-14-32-26(17)20)34-29(2,3)27(16)37-28(36)33-18-9-11-19(12-10-18)35(4)5/h6-16,27,32,34H,1-5H3,(H,33,36)/t16-,27+/m1/s1. The molecule has 1 aliphatic heterocycles. The number of H-pyrrole nitrogens is 1. The van der Waals surface area contributed by atoms with Gasteiger partial charge in [0.15, 0.2) is 0 Å². The van der Waals surface area contributed by atoms with E-state index in [-0.39, 0.29) is 11.1 Å². The van der Waals surface area contributed by atoms with Crippen LogP contribution in [0.15, 0.2) is 60.8 Å². The number of anilines is 3. The molecule has 37 heavy (non-hydrogen) atoms. The highest BCUT2D eigenvalue weighted by Crippen LogP contribution is 2.46. The molecule has 0 saturated heterocycles. The molecule has 0 fully saturated rings. The maximum Gasteiger partial charge on any atom is 0.411 e. The highest BCUT2D eigenvalue weighted by atomic mass is 19.1. The summed E-state index contributed by atoms with van der Waals surface area (Å²) in [4.78, 5) is 17.9. The van der Waals surface area contributed by atoms with Crippen LogP contribution < -0.4 is 15.5 Å². The number of aromatic amines is 1. The van der Waals surface area contributed by atoms with E-state index in [1.807, 2.05) is 57.1 Å². The number of amides is 1. The van der Waals surface area contributed by atoms with Crippen LogP contribution in [-0.2, 0) is 4.74 Å². The average molecular weight is 505 g/mol. The van der Waals surface area contributed by atoms with Crippen molar-refractivity contribution in [1.29, 1.82) is 0 Å². The van der Waals surface area contributed by atoms with E-state index in [0.717, 1.165) is 11.1 Å². The van der Waals surface area contributed by atoms with E-state index in [9.17, 15) is 4.79 Å². The molecule has 4 aromatic rings. The molecule has 0 spiro atoms. The van der Waals surface area contributed by atoms with Gasteiger partial charge in [-0.25, -0.2) is 13.6 Å². The molecule has 2 heterocycles. The first-order valence-electron chi connectivity index (χ1n) is 12.2. The van der Waals surface area contributed by atoms with E-state index < -0.39 is 35.3 Å². The maximum absolute atomic E-state index is 16.1. The molecule has 0 unspecified atom stereocenters. The summed E-state index contributed by atoms with van der Waals surface area (Å²) in [5.74, 6) is -1.87. The van der Waals surface area contributed by atoms with Gasteiger partial charge in [-0.15, -0.1) is 0 Å². The van der Waals surface area contributed by atoms with Gasteiger partial charge in [0.1, 0.15) is 17.7 Å². The first-order chi connectivity index (χ1) is 17.6. The number of rotatable bonds is 4. The summed E-state index contributed by atoms with van der Waals surface area (Å²) in [7, 11) is 3.87. The molecule has 192 valence electrons. The monoisotopic (exact) mass is 504 g/mol. The number of fused-ring (bicyclic) bond motifs is 2. The molecular weight excluding hydrogens is 474 g/mol. The van der Waals surface area contributed by atoms with Crippen LogP contribution >= 0.6 is 0 Å². The van der Waals surface area contributed by atoms with Crippen molar-refractivity contribution in [1.82, 2.24) is 4.98 Å². The van der Waals surface area contributed by atoms with Gasteiger partial charge in [-0.3, -0.25) is 5.32 Å². The van der Waals surface area contributed by atoms with Gasteiger partial charge in [0.05, 0.1) is 16.6 Å². The van der Waals surface area contributed by atoms with E-state index in [2.05, 4.69) is 15.6 Å². The smallest absolute Gasteiger partial charge is 0.411 e. The lowest BCUT2D eigenvalue weighted by atomic mass is 9.77. The second-order valence-corrected chi connectivity index (χ2v) is 10.3. The highest BCUT2D eigenvalue weighted by Gasteiger charge is 2.45. The SMILES string of the molecule is C[C@@H]1c2c(cc(F)c(-c3cccc4cc[nH]c34)c2F)NC(C)(C)[C@H]1OC(=O)Nc1ccc(N(C)C)cc1. The van der Waals surface area contributed by atoms with Crippen molar-refractivity contribution in [3.05, 3.63) is 78.0 Å². The van der Waals surface area contributed by atoms with Crippen molar-refractivity contribution >= 4 is 34.1 Å². The number of halogens is 2. The molecule has 1 amide bonds. The Labute approximate surface area is 214 Å². The Balaban J connectivity index is 1.47. The lowest BCUT2D eigenvalue weighted by Gasteiger charge is -2.44. The van der Waals surface area contributed by atoms with Crippen LogP contribution in [0.4, 0.5) is 30.6 Å². The number of benzene rings is 3. The summed E-state index contributed by atoms with van der Waals surface area (Å²) in [5, 5.41) is 6.81. The molecule has 6 nitrogen and oxygen atoms in total. The largest absolute Gasteiger partial charge is 0.443 e. The second kappa shape index (κ2) is 9.10. The molecule has 1 aliphatic rings. The molecule has 0 bridgehead atoms. The van der Waals surface area contributed by atoms with Crippen molar-refractivity contribution < 1.29 is 18.3 Å². The lowest BCUT2D eigenvalue weighted by molar-refractivity contribution is 0.0561. The molecular formula is C29H30F2N4O2. The van der Waals surface area contributed by atoms with E-state index in [1.165, 1.54) is 6.07 Å². The third-order valence-electron chi connectivity index (χ3n) is 7.05. The number of para-hydroxylation sites is 1. The molecule has 2 atom stereocenters.